The fourth-order valence-corrected chi connectivity index (χ4v) is 7.46. The molecule has 0 bridgehead atoms. The van der Waals surface area contributed by atoms with Gasteiger partial charge in [0.1, 0.15) is 0 Å². The van der Waals surface area contributed by atoms with Crippen LogP contribution in [0.15, 0.2) is 30.3 Å². The van der Waals surface area contributed by atoms with E-state index >= 15 is 0 Å². The Morgan fingerprint density at radius 3 is 2.00 bits per heavy atom. The van der Waals surface area contributed by atoms with E-state index in [1.165, 1.54) is 0 Å². The Bertz CT molecular complexity index is 367. The van der Waals surface area contributed by atoms with Crippen molar-refractivity contribution in [1.82, 2.24) is 0 Å². The monoisotopic (exact) mass is 269 g/mol. The van der Waals surface area contributed by atoms with Crippen molar-refractivity contribution in [3.8, 4) is 0 Å². The molecule has 0 aliphatic rings. The summed E-state index contributed by atoms with van der Waals surface area (Å²) in [5.41, 5.74) is 0. The molecule has 0 aliphatic heterocycles. The summed E-state index contributed by atoms with van der Waals surface area (Å²) in [5.74, 6) is 0. The van der Waals surface area contributed by atoms with Gasteiger partial charge in [0.05, 0.1) is 0 Å². The second-order valence-electron chi connectivity index (χ2n) is 6.47. The predicted molar refractivity (Wildman–Crippen MR) is 79.8 cm³/mol. The molecule has 0 atom stereocenters. The van der Waals surface area contributed by atoms with E-state index in [4.69, 9.17) is 4.43 Å². The molecule has 1 rings (SSSR count). The van der Waals surface area contributed by atoms with Crippen LogP contribution >= 0.6 is 0 Å². The van der Waals surface area contributed by atoms with E-state index in [0.29, 0.717) is 0 Å². The van der Waals surface area contributed by atoms with Crippen LogP contribution in [0.25, 0.3) is 0 Å². The van der Waals surface area contributed by atoms with E-state index < -0.39 is 21.9 Å². The van der Waals surface area contributed by atoms with E-state index in [0.717, 1.165) is 5.19 Å². The molecule has 2 nitrogen and oxygen atoms in total. The van der Waals surface area contributed by atoms with Crippen molar-refractivity contribution in [2.45, 2.75) is 45.3 Å². The Balaban J connectivity index is 3.05. The van der Waals surface area contributed by atoms with Crippen molar-refractivity contribution < 1.29 is 9.22 Å². The quantitative estimate of drug-likeness (QED) is 0.850. The Morgan fingerprint density at radius 1 is 1.12 bits per heavy atom. The third kappa shape index (κ3) is 3.51. The summed E-state index contributed by atoms with van der Waals surface area (Å²) in [6.07, 6.45) is 0. The molecular formula is C13H25O2Si2-. The van der Waals surface area contributed by atoms with Crippen LogP contribution < -0.4 is 5.19 Å². The fraction of sp³-hybridized carbons (Fsp3) is 0.538. The van der Waals surface area contributed by atoms with Crippen LogP contribution in [0.4, 0.5) is 0 Å². The molecule has 0 amide bonds. The van der Waals surface area contributed by atoms with Crippen LogP contribution in [0.2, 0.25) is 26.2 Å². The normalized spacial score (nSPS) is 14.8. The molecule has 0 aliphatic carbocycles. The summed E-state index contributed by atoms with van der Waals surface area (Å²) in [4.78, 5) is 10.9. The van der Waals surface area contributed by atoms with Gasteiger partial charge in [0.15, 0.2) is 0 Å². The maximum absolute atomic E-state index is 10.9. The molecule has 0 heterocycles. The Hall–Kier alpha value is -0.426. The van der Waals surface area contributed by atoms with Crippen molar-refractivity contribution in [1.29, 1.82) is 0 Å². The van der Waals surface area contributed by atoms with E-state index in [9.17, 15) is 4.80 Å². The molecule has 0 saturated heterocycles. The minimum absolute atomic E-state index is 0.432. The van der Waals surface area contributed by atoms with Crippen molar-refractivity contribution in [2.24, 2.45) is 0 Å². The van der Waals surface area contributed by atoms with Gasteiger partial charge < -0.3 is 0 Å². The molecule has 98 valence electrons. The summed E-state index contributed by atoms with van der Waals surface area (Å²) >= 11 is 0. The average Bonchev–Trinajstić information content (AvgIpc) is 2.15. The second-order valence-corrected chi connectivity index (χ2v) is 15.4. The zero-order valence-electron chi connectivity index (χ0n) is 11.8. The Kier molecular flexibility index (Phi) is 4.03. The number of hydrogen-bond acceptors (Lipinski definition) is 2. The standard InChI is InChI=1S/C13H25O2Si2/c1-13(2,15-16(3,4)5)17(6,14)12-10-8-7-9-11-12/h7-11,14,17H,1-6H3/q-1. The van der Waals surface area contributed by atoms with Crippen molar-refractivity contribution in [3.05, 3.63) is 30.3 Å². The van der Waals surface area contributed by atoms with Crippen LogP contribution in [-0.4, -0.2) is 26.7 Å². The molecule has 4 heteroatoms. The molecule has 0 fully saturated rings. The number of benzene rings is 1. The summed E-state index contributed by atoms with van der Waals surface area (Å²) in [6, 6.07) is 9.97. The summed E-state index contributed by atoms with van der Waals surface area (Å²) in [6.45, 7) is 12.5. The van der Waals surface area contributed by atoms with Crippen LogP contribution in [-0.2, 0) is 4.43 Å². The molecule has 0 radical (unpaired) electrons. The average molecular weight is 270 g/mol. The van der Waals surface area contributed by atoms with Gasteiger partial charge in [-0.05, 0) is 0 Å². The summed E-state index contributed by atoms with van der Waals surface area (Å²) in [5, 5.41) is 0.627. The van der Waals surface area contributed by atoms with Gasteiger partial charge in [0.2, 0.25) is 0 Å². The zero-order valence-corrected chi connectivity index (χ0v) is 14.0. The number of rotatable bonds is 4. The predicted octanol–water partition coefficient (Wildman–Crippen LogP) is 2.36. The first kappa shape index (κ1) is 14.6. The van der Waals surface area contributed by atoms with E-state index in [1.54, 1.807) is 0 Å². The van der Waals surface area contributed by atoms with E-state index in [1.807, 2.05) is 50.7 Å². The van der Waals surface area contributed by atoms with Gasteiger partial charge in [-0.3, -0.25) is 0 Å². The van der Waals surface area contributed by atoms with E-state index in [-0.39, 0.29) is 0 Å². The minimum atomic E-state index is -2.93. The van der Waals surface area contributed by atoms with Gasteiger partial charge in [-0.1, -0.05) is 0 Å². The van der Waals surface area contributed by atoms with Crippen molar-refractivity contribution in [2.75, 3.05) is 0 Å². The Labute approximate surface area is 107 Å². The second kappa shape index (κ2) is 4.68. The first-order valence-corrected chi connectivity index (χ1v) is 12.5. The fourth-order valence-electron chi connectivity index (χ4n) is 2.13. The maximum atomic E-state index is 10.9. The zero-order chi connectivity index (χ0) is 13.3. The molecule has 0 spiro atoms. The van der Waals surface area contributed by atoms with Gasteiger partial charge in [0.25, 0.3) is 0 Å². The molecule has 1 aromatic rings. The number of hydrogen-bond donors (Lipinski definition) is 1. The molecule has 17 heavy (non-hydrogen) atoms. The van der Waals surface area contributed by atoms with Crippen LogP contribution in [0.1, 0.15) is 13.8 Å². The van der Waals surface area contributed by atoms with Gasteiger partial charge in [0, 0.05) is 0 Å². The third-order valence-corrected chi connectivity index (χ3v) is 9.25. The SMILES string of the molecule is CC(C)(O[Si](C)(C)C)[SiH-](C)(O)c1ccccc1. The van der Waals surface area contributed by atoms with Gasteiger partial charge in [-0.25, -0.2) is 0 Å². The molecule has 0 aromatic heterocycles. The van der Waals surface area contributed by atoms with Gasteiger partial charge in [-0.2, -0.15) is 0 Å². The molecule has 1 aromatic carbocycles. The summed E-state index contributed by atoms with van der Waals surface area (Å²) < 4.78 is 6.21. The molecule has 0 saturated carbocycles. The topological polar surface area (TPSA) is 29.5 Å². The van der Waals surface area contributed by atoms with Crippen LogP contribution in [0.3, 0.4) is 0 Å². The first-order chi connectivity index (χ1) is 7.56. The van der Waals surface area contributed by atoms with Gasteiger partial charge in [-0.15, -0.1) is 0 Å². The van der Waals surface area contributed by atoms with Gasteiger partial charge >= 0.3 is 107 Å². The molecular weight excluding hydrogens is 244 g/mol. The van der Waals surface area contributed by atoms with E-state index in [2.05, 4.69) is 19.6 Å². The first-order valence-electron chi connectivity index (χ1n) is 6.23. The van der Waals surface area contributed by atoms with Crippen molar-refractivity contribution >= 4 is 21.8 Å². The Morgan fingerprint density at radius 2 is 1.59 bits per heavy atom. The molecule has 1 N–H and O–H groups in total. The third-order valence-electron chi connectivity index (χ3n) is 3.37. The van der Waals surface area contributed by atoms with Crippen molar-refractivity contribution in [3.63, 3.8) is 0 Å². The van der Waals surface area contributed by atoms with Crippen LogP contribution in [0, 0.1) is 0 Å². The summed E-state index contributed by atoms with van der Waals surface area (Å²) in [7, 11) is -4.58. The van der Waals surface area contributed by atoms with Crippen LogP contribution in [0.5, 0.6) is 0 Å². The molecule has 0 unspecified atom stereocenters.